The molecule has 3 nitrogen and oxygen atoms in total. The van der Waals surface area contributed by atoms with E-state index in [1.807, 2.05) is 32.9 Å². The summed E-state index contributed by atoms with van der Waals surface area (Å²) in [5, 5.41) is 0. The molecule has 1 heterocycles. The Labute approximate surface area is 121 Å². The van der Waals surface area contributed by atoms with E-state index < -0.39 is 0 Å². The molecule has 0 spiro atoms. The summed E-state index contributed by atoms with van der Waals surface area (Å²) in [7, 11) is 1.67. The quantitative estimate of drug-likeness (QED) is 0.927. The highest BCUT2D eigenvalue weighted by Gasteiger charge is 2.22. The minimum Gasteiger partial charge on any atom is -0.496 e. The molecule has 4 heteroatoms. The van der Waals surface area contributed by atoms with Crippen LogP contribution in [0.5, 0.6) is 5.75 Å². The molecule has 2 aromatic rings. The fourth-order valence-electron chi connectivity index (χ4n) is 2.39. The highest BCUT2D eigenvalue weighted by Crippen LogP contribution is 2.38. The smallest absolute Gasteiger partial charge is 0.127 e. The van der Waals surface area contributed by atoms with Crippen LogP contribution in [0.1, 0.15) is 34.1 Å². The van der Waals surface area contributed by atoms with Crippen LogP contribution in [0.15, 0.2) is 27.3 Å². The van der Waals surface area contributed by atoms with Gasteiger partial charge in [0.2, 0.25) is 0 Å². The van der Waals surface area contributed by atoms with Gasteiger partial charge in [-0.3, -0.25) is 0 Å². The minimum absolute atomic E-state index is 0.259. The largest absolute Gasteiger partial charge is 0.496 e. The summed E-state index contributed by atoms with van der Waals surface area (Å²) in [6.45, 7) is 5.97. The Morgan fingerprint density at radius 2 is 2.00 bits per heavy atom. The van der Waals surface area contributed by atoms with Gasteiger partial charge in [-0.1, -0.05) is 15.9 Å². The van der Waals surface area contributed by atoms with Gasteiger partial charge in [-0.25, -0.2) is 0 Å². The van der Waals surface area contributed by atoms with Gasteiger partial charge in [-0.2, -0.15) is 0 Å². The number of aryl methyl sites for hydroxylation is 2. The zero-order valence-corrected chi connectivity index (χ0v) is 13.2. The number of ether oxygens (including phenoxy) is 1. The molecule has 0 saturated carbocycles. The average Bonchev–Trinajstić information content (AvgIpc) is 2.79. The number of rotatable bonds is 3. The summed E-state index contributed by atoms with van der Waals surface area (Å²) >= 11 is 3.58. The van der Waals surface area contributed by atoms with Crippen molar-refractivity contribution < 1.29 is 9.15 Å². The molecule has 0 radical (unpaired) electrons. The predicted molar refractivity (Wildman–Crippen MR) is 79.6 cm³/mol. The molecule has 0 bridgehead atoms. The topological polar surface area (TPSA) is 48.4 Å². The van der Waals surface area contributed by atoms with Crippen LogP contribution in [0.3, 0.4) is 0 Å². The lowest BCUT2D eigenvalue weighted by Gasteiger charge is -2.21. The Bertz CT molecular complexity index is 604. The van der Waals surface area contributed by atoms with Crippen molar-refractivity contribution in [3.8, 4) is 5.75 Å². The molecule has 0 fully saturated rings. The lowest BCUT2D eigenvalue weighted by atomic mass is 9.93. The molecule has 0 aliphatic rings. The second-order valence-corrected chi connectivity index (χ2v) is 5.51. The van der Waals surface area contributed by atoms with E-state index in [2.05, 4.69) is 15.9 Å². The number of furan rings is 1. The van der Waals surface area contributed by atoms with E-state index >= 15 is 0 Å². The van der Waals surface area contributed by atoms with Crippen molar-refractivity contribution in [2.24, 2.45) is 5.73 Å². The van der Waals surface area contributed by atoms with Crippen LogP contribution >= 0.6 is 15.9 Å². The van der Waals surface area contributed by atoms with Crippen LogP contribution in [-0.2, 0) is 0 Å². The number of halogens is 1. The molecule has 0 aliphatic heterocycles. The second kappa shape index (κ2) is 5.39. The van der Waals surface area contributed by atoms with Crippen molar-refractivity contribution in [1.82, 2.24) is 0 Å². The third-order valence-corrected chi connectivity index (χ3v) is 4.28. The van der Waals surface area contributed by atoms with Crippen LogP contribution in [0, 0.1) is 20.8 Å². The normalized spacial score (nSPS) is 12.5. The molecule has 1 unspecified atom stereocenters. The van der Waals surface area contributed by atoms with Crippen molar-refractivity contribution in [2.75, 3.05) is 7.11 Å². The zero-order valence-electron chi connectivity index (χ0n) is 11.6. The maximum absolute atomic E-state index is 6.42. The Hall–Kier alpha value is -1.26. The number of nitrogens with two attached hydrogens (primary N) is 1. The van der Waals surface area contributed by atoms with Gasteiger partial charge in [-0.05, 0) is 44.0 Å². The van der Waals surface area contributed by atoms with E-state index in [0.29, 0.717) is 0 Å². The van der Waals surface area contributed by atoms with E-state index in [9.17, 15) is 0 Å². The Balaban J connectivity index is 2.64. The highest BCUT2D eigenvalue weighted by molar-refractivity contribution is 9.10. The lowest BCUT2D eigenvalue weighted by Crippen LogP contribution is -2.15. The Kier molecular flexibility index (Phi) is 4.02. The van der Waals surface area contributed by atoms with E-state index in [1.165, 1.54) is 0 Å². The molecule has 2 rings (SSSR count). The van der Waals surface area contributed by atoms with Crippen LogP contribution in [0.2, 0.25) is 0 Å². The van der Waals surface area contributed by atoms with Gasteiger partial charge < -0.3 is 14.9 Å². The summed E-state index contributed by atoms with van der Waals surface area (Å²) in [6.07, 6.45) is 1.66. The van der Waals surface area contributed by atoms with E-state index in [-0.39, 0.29) is 6.04 Å². The van der Waals surface area contributed by atoms with Crippen molar-refractivity contribution in [1.29, 1.82) is 0 Å². The molecular weight excluding hydrogens is 306 g/mol. The van der Waals surface area contributed by atoms with E-state index in [0.717, 1.165) is 38.2 Å². The zero-order chi connectivity index (χ0) is 14.2. The van der Waals surface area contributed by atoms with Crippen LogP contribution in [-0.4, -0.2) is 7.11 Å². The molecular formula is C15H18BrNO2. The summed E-state index contributed by atoms with van der Waals surface area (Å²) < 4.78 is 11.9. The maximum Gasteiger partial charge on any atom is 0.127 e. The molecule has 19 heavy (non-hydrogen) atoms. The summed E-state index contributed by atoms with van der Waals surface area (Å²) in [6, 6.07) is 3.70. The van der Waals surface area contributed by atoms with E-state index in [4.69, 9.17) is 14.9 Å². The van der Waals surface area contributed by atoms with Crippen molar-refractivity contribution in [2.45, 2.75) is 26.8 Å². The molecule has 1 aromatic carbocycles. The van der Waals surface area contributed by atoms with E-state index in [1.54, 1.807) is 13.4 Å². The SMILES string of the molecule is COc1c(C)cc(Br)c(C)c1C(N)c1ccoc1C. The number of hydrogen-bond acceptors (Lipinski definition) is 3. The monoisotopic (exact) mass is 323 g/mol. The summed E-state index contributed by atoms with van der Waals surface area (Å²) in [4.78, 5) is 0. The van der Waals surface area contributed by atoms with Gasteiger partial charge in [0.25, 0.3) is 0 Å². The van der Waals surface area contributed by atoms with Crippen LogP contribution in [0.25, 0.3) is 0 Å². The Morgan fingerprint density at radius 1 is 1.32 bits per heavy atom. The Morgan fingerprint density at radius 3 is 2.53 bits per heavy atom. The predicted octanol–water partition coefficient (Wildman–Crippen LogP) is 4.02. The first-order valence-corrected chi connectivity index (χ1v) is 6.89. The number of hydrogen-bond donors (Lipinski definition) is 1. The van der Waals surface area contributed by atoms with Gasteiger partial charge in [-0.15, -0.1) is 0 Å². The van der Waals surface area contributed by atoms with Crippen molar-refractivity contribution in [3.63, 3.8) is 0 Å². The second-order valence-electron chi connectivity index (χ2n) is 4.66. The first-order valence-electron chi connectivity index (χ1n) is 6.10. The van der Waals surface area contributed by atoms with Crippen LogP contribution < -0.4 is 10.5 Å². The molecule has 0 amide bonds. The molecule has 0 saturated heterocycles. The lowest BCUT2D eigenvalue weighted by molar-refractivity contribution is 0.403. The number of benzene rings is 1. The average molecular weight is 324 g/mol. The third kappa shape index (κ3) is 2.42. The van der Waals surface area contributed by atoms with Gasteiger partial charge in [0.1, 0.15) is 11.5 Å². The first-order chi connectivity index (χ1) is 8.97. The maximum atomic E-state index is 6.42. The number of methoxy groups -OCH3 is 1. The summed E-state index contributed by atoms with van der Waals surface area (Å²) in [5.41, 5.74) is 10.6. The molecule has 2 N–H and O–H groups in total. The van der Waals surface area contributed by atoms with Gasteiger partial charge in [0, 0.05) is 15.6 Å². The van der Waals surface area contributed by atoms with Gasteiger partial charge in [0.05, 0.1) is 19.4 Å². The first kappa shape index (κ1) is 14.2. The van der Waals surface area contributed by atoms with Crippen LogP contribution in [0.4, 0.5) is 0 Å². The molecule has 1 aromatic heterocycles. The minimum atomic E-state index is -0.259. The summed E-state index contributed by atoms with van der Waals surface area (Å²) in [5.74, 6) is 1.68. The molecule has 102 valence electrons. The standard InChI is InChI=1S/C15H18BrNO2/c1-8-7-12(16)9(2)13(15(8)18-4)14(17)11-5-6-19-10(11)3/h5-7,14H,17H2,1-4H3. The molecule has 1 atom stereocenters. The third-order valence-electron chi connectivity index (χ3n) is 3.46. The van der Waals surface area contributed by atoms with Gasteiger partial charge >= 0.3 is 0 Å². The van der Waals surface area contributed by atoms with Gasteiger partial charge in [0.15, 0.2) is 0 Å². The highest BCUT2D eigenvalue weighted by atomic mass is 79.9. The molecule has 0 aliphatic carbocycles. The van der Waals surface area contributed by atoms with Crippen molar-refractivity contribution >= 4 is 15.9 Å². The fourth-order valence-corrected chi connectivity index (χ4v) is 2.95. The fraction of sp³-hybridized carbons (Fsp3) is 0.333. The van der Waals surface area contributed by atoms with Crippen molar-refractivity contribution in [3.05, 3.63) is 50.9 Å².